The first kappa shape index (κ1) is 15.4. The van der Waals surface area contributed by atoms with Gasteiger partial charge in [-0.3, -0.25) is 9.78 Å². The molecule has 8 heteroatoms. The average Bonchev–Trinajstić information content (AvgIpc) is 2.40. The fourth-order valence-electron chi connectivity index (χ4n) is 1.53. The molecule has 0 bridgehead atoms. The summed E-state index contributed by atoms with van der Waals surface area (Å²) in [5.74, 6) is -0.627. The Morgan fingerprint density at radius 2 is 1.95 bits per heavy atom. The zero-order valence-corrected chi connectivity index (χ0v) is 12.3. The molecular weight excluding hydrogens is 351 g/mol. The van der Waals surface area contributed by atoms with Crippen molar-refractivity contribution in [3.8, 4) is 0 Å². The third-order valence-electron chi connectivity index (χ3n) is 2.54. The highest BCUT2D eigenvalue weighted by molar-refractivity contribution is 9.10. The summed E-state index contributed by atoms with van der Waals surface area (Å²) in [5.41, 5.74) is -0.181. The molecule has 21 heavy (non-hydrogen) atoms. The molecule has 0 atom stereocenters. The maximum absolute atomic E-state index is 12.8. The predicted molar refractivity (Wildman–Crippen MR) is 73.9 cm³/mol. The topological polar surface area (TPSA) is 54.9 Å². The molecule has 0 aliphatic carbocycles. The number of anilines is 1. The Kier molecular flexibility index (Phi) is 4.26. The Morgan fingerprint density at radius 1 is 1.24 bits per heavy atom. The molecule has 4 nitrogen and oxygen atoms in total. The van der Waals surface area contributed by atoms with Crippen molar-refractivity contribution >= 4 is 27.5 Å². The monoisotopic (exact) mass is 359 g/mol. The molecule has 1 aromatic heterocycles. The van der Waals surface area contributed by atoms with Crippen molar-refractivity contribution in [2.75, 3.05) is 5.32 Å². The van der Waals surface area contributed by atoms with Gasteiger partial charge in [0.05, 0.1) is 17.5 Å². The molecule has 0 radical (unpaired) electrons. The number of carbonyl (C=O) groups excluding carboxylic acids is 1. The molecule has 2 aromatic rings. The number of amides is 1. The second-order valence-corrected chi connectivity index (χ2v) is 5.04. The number of benzene rings is 1. The van der Waals surface area contributed by atoms with Gasteiger partial charge in [-0.2, -0.15) is 13.2 Å². The summed E-state index contributed by atoms with van der Waals surface area (Å²) in [6.07, 6.45) is -1.85. The van der Waals surface area contributed by atoms with Gasteiger partial charge < -0.3 is 5.32 Å². The summed E-state index contributed by atoms with van der Waals surface area (Å²) in [6.45, 7) is 1.71. The number of nitrogens with zero attached hydrogens (tertiary/aromatic N) is 2. The molecule has 0 saturated carbocycles. The van der Waals surface area contributed by atoms with Crippen LogP contribution in [0.25, 0.3) is 0 Å². The van der Waals surface area contributed by atoms with Crippen LogP contribution in [-0.4, -0.2) is 15.9 Å². The van der Waals surface area contributed by atoms with E-state index < -0.39 is 17.6 Å². The second-order valence-electron chi connectivity index (χ2n) is 4.19. The first-order valence-electron chi connectivity index (χ1n) is 5.74. The fraction of sp³-hybridized carbons (Fsp3) is 0.154. The van der Waals surface area contributed by atoms with Crippen LogP contribution >= 0.6 is 15.9 Å². The molecule has 0 unspecified atom stereocenters. The molecule has 2 rings (SSSR count). The van der Waals surface area contributed by atoms with Gasteiger partial charge in [-0.25, -0.2) is 4.98 Å². The summed E-state index contributed by atoms with van der Waals surface area (Å²) in [6, 6.07) is 3.43. The van der Waals surface area contributed by atoms with E-state index in [9.17, 15) is 18.0 Å². The highest BCUT2D eigenvalue weighted by Gasteiger charge is 2.33. The lowest BCUT2D eigenvalue weighted by Gasteiger charge is -2.11. The van der Waals surface area contributed by atoms with E-state index >= 15 is 0 Å². The number of hydrogen-bond donors (Lipinski definition) is 1. The normalized spacial score (nSPS) is 11.3. The average molecular weight is 360 g/mol. The van der Waals surface area contributed by atoms with Crippen molar-refractivity contribution in [1.82, 2.24) is 9.97 Å². The molecule has 1 N–H and O–H groups in total. The Hall–Kier alpha value is -1.96. The standard InChI is InChI=1S/C13H9BrF3N3O/c1-7-5-19-11(6-18-7)12(21)20-8-2-3-10(14)9(4-8)13(15,16)17/h2-6H,1H3,(H,20,21). The number of alkyl halides is 3. The third-order valence-corrected chi connectivity index (χ3v) is 3.23. The minimum atomic E-state index is -4.51. The molecule has 1 aromatic carbocycles. The number of nitrogens with one attached hydrogen (secondary N) is 1. The Labute approximate surface area is 126 Å². The van der Waals surface area contributed by atoms with Gasteiger partial charge in [-0.05, 0) is 25.1 Å². The second kappa shape index (κ2) is 5.80. The van der Waals surface area contributed by atoms with E-state index in [1.807, 2.05) is 0 Å². The van der Waals surface area contributed by atoms with Gasteiger partial charge in [0.15, 0.2) is 0 Å². The number of rotatable bonds is 2. The molecule has 0 fully saturated rings. The summed E-state index contributed by atoms with van der Waals surface area (Å²) >= 11 is 2.83. The van der Waals surface area contributed by atoms with Gasteiger partial charge in [0, 0.05) is 16.4 Å². The Morgan fingerprint density at radius 3 is 2.52 bits per heavy atom. The van der Waals surface area contributed by atoms with Crippen LogP contribution in [-0.2, 0) is 6.18 Å². The minimum absolute atomic E-state index is 0.0251. The van der Waals surface area contributed by atoms with Crippen LogP contribution in [0.15, 0.2) is 35.1 Å². The van der Waals surface area contributed by atoms with Crippen LogP contribution < -0.4 is 5.32 Å². The van der Waals surface area contributed by atoms with Gasteiger partial charge in [0.1, 0.15) is 5.69 Å². The number of hydrogen-bond acceptors (Lipinski definition) is 3. The number of halogens is 4. The fourth-order valence-corrected chi connectivity index (χ4v) is 2.00. The minimum Gasteiger partial charge on any atom is -0.321 e. The van der Waals surface area contributed by atoms with Gasteiger partial charge in [0.2, 0.25) is 0 Å². The van der Waals surface area contributed by atoms with Crippen LogP contribution in [0, 0.1) is 6.92 Å². The van der Waals surface area contributed by atoms with Crippen LogP contribution in [0.3, 0.4) is 0 Å². The third kappa shape index (κ3) is 3.78. The van der Waals surface area contributed by atoms with Crippen molar-refractivity contribution in [2.45, 2.75) is 13.1 Å². The maximum Gasteiger partial charge on any atom is 0.417 e. The molecule has 1 heterocycles. The quantitative estimate of drug-likeness (QED) is 0.886. The number of aromatic nitrogens is 2. The summed E-state index contributed by atoms with van der Waals surface area (Å²) < 4.78 is 38.2. The first-order chi connectivity index (χ1) is 9.77. The van der Waals surface area contributed by atoms with Crippen molar-refractivity contribution in [2.24, 2.45) is 0 Å². The summed E-state index contributed by atoms with van der Waals surface area (Å²) in [5, 5.41) is 2.36. The van der Waals surface area contributed by atoms with E-state index in [0.717, 1.165) is 6.07 Å². The molecule has 1 amide bonds. The summed E-state index contributed by atoms with van der Waals surface area (Å²) in [4.78, 5) is 19.6. The smallest absolute Gasteiger partial charge is 0.321 e. The number of carbonyl (C=O) groups is 1. The summed E-state index contributed by atoms with van der Waals surface area (Å²) in [7, 11) is 0. The predicted octanol–water partition coefficient (Wildman–Crippen LogP) is 3.82. The molecule has 0 aliphatic heterocycles. The largest absolute Gasteiger partial charge is 0.417 e. The lowest BCUT2D eigenvalue weighted by Crippen LogP contribution is -2.15. The maximum atomic E-state index is 12.8. The number of aryl methyl sites for hydroxylation is 1. The van der Waals surface area contributed by atoms with Gasteiger partial charge in [-0.1, -0.05) is 15.9 Å². The van der Waals surface area contributed by atoms with Crippen LogP contribution in [0.2, 0.25) is 0 Å². The van der Waals surface area contributed by atoms with Crippen LogP contribution in [0.4, 0.5) is 18.9 Å². The zero-order chi connectivity index (χ0) is 15.6. The van der Waals surface area contributed by atoms with E-state index in [1.54, 1.807) is 6.92 Å². The van der Waals surface area contributed by atoms with Crippen molar-refractivity contribution < 1.29 is 18.0 Å². The molecule has 0 saturated heterocycles. The van der Waals surface area contributed by atoms with E-state index in [1.165, 1.54) is 24.5 Å². The molecule has 0 spiro atoms. The van der Waals surface area contributed by atoms with E-state index in [-0.39, 0.29) is 15.9 Å². The van der Waals surface area contributed by atoms with Crippen molar-refractivity contribution in [3.05, 3.63) is 52.0 Å². The zero-order valence-electron chi connectivity index (χ0n) is 10.7. The van der Waals surface area contributed by atoms with Crippen LogP contribution in [0.1, 0.15) is 21.7 Å². The van der Waals surface area contributed by atoms with Crippen molar-refractivity contribution in [1.29, 1.82) is 0 Å². The van der Waals surface area contributed by atoms with Gasteiger partial charge in [-0.15, -0.1) is 0 Å². The van der Waals surface area contributed by atoms with Gasteiger partial charge >= 0.3 is 6.18 Å². The highest BCUT2D eigenvalue weighted by Crippen LogP contribution is 2.36. The van der Waals surface area contributed by atoms with Crippen molar-refractivity contribution in [3.63, 3.8) is 0 Å². The molecule has 0 aliphatic rings. The lowest BCUT2D eigenvalue weighted by molar-refractivity contribution is -0.138. The van der Waals surface area contributed by atoms with E-state index in [2.05, 4.69) is 31.2 Å². The van der Waals surface area contributed by atoms with Gasteiger partial charge in [0.25, 0.3) is 5.91 Å². The molecule has 110 valence electrons. The van der Waals surface area contributed by atoms with E-state index in [0.29, 0.717) is 5.69 Å². The van der Waals surface area contributed by atoms with Crippen LogP contribution in [0.5, 0.6) is 0 Å². The Balaban J connectivity index is 2.24. The lowest BCUT2D eigenvalue weighted by atomic mass is 10.2. The highest BCUT2D eigenvalue weighted by atomic mass is 79.9. The van der Waals surface area contributed by atoms with E-state index in [4.69, 9.17) is 0 Å². The first-order valence-corrected chi connectivity index (χ1v) is 6.53. The SMILES string of the molecule is Cc1cnc(C(=O)Nc2ccc(Br)c(C(F)(F)F)c2)cn1. The Bertz CT molecular complexity index is 671. The molecular formula is C13H9BrF3N3O.